The molecule has 1 heterocycles. The quantitative estimate of drug-likeness (QED) is 0.843. The molecule has 1 saturated heterocycles. The second kappa shape index (κ2) is 7.92. The minimum atomic E-state index is -0.855. The summed E-state index contributed by atoms with van der Waals surface area (Å²) in [4.78, 5) is 27.1. The molecule has 1 aliphatic heterocycles. The number of nitrogens with one attached hydrogen (secondary N) is 1. The van der Waals surface area contributed by atoms with Crippen molar-refractivity contribution in [2.45, 2.75) is 31.7 Å². The predicted molar refractivity (Wildman–Crippen MR) is 103 cm³/mol. The number of aryl methyl sites for hydroxylation is 1. The Balaban J connectivity index is 1.56. The molecule has 2 amide bonds. The lowest BCUT2D eigenvalue weighted by atomic mass is 10.00. The lowest BCUT2D eigenvalue weighted by molar-refractivity contribution is -0.132. The largest absolute Gasteiger partial charge is 0.341 e. The third-order valence-electron chi connectivity index (χ3n) is 4.85. The van der Waals surface area contributed by atoms with E-state index in [2.05, 4.69) is 17.4 Å². The van der Waals surface area contributed by atoms with Gasteiger partial charge in [0.25, 0.3) is 5.91 Å². The Morgan fingerprint density at radius 3 is 2.69 bits per heavy atom. The molecule has 136 valence electrons. The summed E-state index contributed by atoms with van der Waals surface area (Å²) in [6.45, 7) is 3.17. The fraction of sp³-hybridized carbons (Fsp3) is 0.333. The number of halogens is 1. The van der Waals surface area contributed by atoms with E-state index in [1.807, 2.05) is 23.1 Å². The molecule has 26 heavy (non-hydrogen) atoms. The van der Waals surface area contributed by atoms with Gasteiger partial charge in [-0.15, -0.1) is 0 Å². The van der Waals surface area contributed by atoms with Crippen LogP contribution in [0.3, 0.4) is 0 Å². The average Bonchev–Trinajstić information content (AvgIpc) is 2.91. The van der Waals surface area contributed by atoms with Gasteiger partial charge in [0.15, 0.2) is 0 Å². The highest BCUT2D eigenvalue weighted by Gasteiger charge is 2.43. The minimum Gasteiger partial charge on any atom is -0.341 e. The Morgan fingerprint density at radius 2 is 1.96 bits per heavy atom. The van der Waals surface area contributed by atoms with Gasteiger partial charge in [-0.25, -0.2) is 0 Å². The first kappa shape index (κ1) is 18.5. The monoisotopic (exact) mass is 370 g/mol. The van der Waals surface area contributed by atoms with Gasteiger partial charge < -0.3 is 10.2 Å². The van der Waals surface area contributed by atoms with Gasteiger partial charge in [-0.2, -0.15) is 0 Å². The first-order chi connectivity index (χ1) is 12.5. The van der Waals surface area contributed by atoms with Gasteiger partial charge in [-0.3, -0.25) is 9.59 Å². The van der Waals surface area contributed by atoms with Crippen LogP contribution in [0.15, 0.2) is 54.6 Å². The average molecular weight is 371 g/mol. The number of amides is 2. The molecule has 1 atom stereocenters. The van der Waals surface area contributed by atoms with Crippen molar-refractivity contribution in [1.82, 2.24) is 10.2 Å². The van der Waals surface area contributed by atoms with E-state index in [4.69, 9.17) is 11.6 Å². The summed E-state index contributed by atoms with van der Waals surface area (Å²) < 4.78 is 0. The second-order valence-electron chi connectivity index (χ2n) is 6.93. The van der Waals surface area contributed by atoms with Crippen LogP contribution in [0, 0.1) is 0 Å². The Labute approximate surface area is 159 Å². The van der Waals surface area contributed by atoms with Crippen LogP contribution in [-0.4, -0.2) is 35.3 Å². The van der Waals surface area contributed by atoms with E-state index in [9.17, 15) is 9.59 Å². The molecule has 2 aromatic carbocycles. The van der Waals surface area contributed by atoms with Crippen LogP contribution >= 0.6 is 11.6 Å². The van der Waals surface area contributed by atoms with Crippen LogP contribution in [0.1, 0.15) is 35.7 Å². The molecule has 4 nitrogen and oxygen atoms in total. The van der Waals surface area contributed by atoms with Gasteiger partial charge in [0.2, 0.25) is 5.91 Å². The maximum absolute atomic E-state index is 12.8. The van der Waals surface area contributed by atoms with Crippen molar-refractivity contribution in [2.75, 3.05) is 13.1 Å². The topological polar surface area (TPSA) is 49.4 Å². The highest BCUT2D eigenvalue weighted by atomic mass is 35.5. The molecule has 1 fully saturated rings. The van der Waals surface area contributed by atoms with Crippen molar-refractivity contribution in [3.05, 3.63) is 70.7 Å². The minimum absolute atomic E-state index is 0.0130. The summed E-state index contributed by atoms with van der Waals surface area (Å²) in [5, 5.41) is 3.40. The normalized spacial score (nSPS) is 19.6. The predicted octanol–water partition coefficient (Wildman–Crippen LogP) is 3.69. The summed E-state index contributed by atoms with van der Waals surface area (Å²) in [6.07, 6.45) is 2.47. The molecule has 0 saturated carbocycles. The van der Waals surface area contributed by atoms with Crippen molar-refractivity contribution in [2.24, 2.45) is 0 Å². The molecule has 0 spiro atoms. The van der Waals surface area contributed by atoms with E-state index in [0.717, 1.165) is 12.8 Å². The first-order valence-electron chi connectivity index (χ1n) is 8.89. The summed E-state index contributed by atoms with van der Waals surface area (Å²) in [5.74, 6) is -0.282. The van der Waals surface area contributed by atoms with Crippen LogP contribution in [0.25, 0.3) is 0 Å². The fourth-order valence-electron chi connectivity index (χ4n) is 3.32. The van der Waals surface area contributed by atoms with E-state index in [-0.39, 0.29) is 11.8 Å². The van der Waals surface area contributed by atoms with E-state index in [1.165, 1.54) is 5.56 Å². The van der Waals surface area contributed by atoms with Crippen molar-refractivity contribution in [1.29, 1.82) is 0 Å². The Morgan fingerprint density at radius 1 is 1.19 bits per heavy atom. The number of rotatable bonds is 6. The first-order valence-corrected chi connectivity index (χ1v) is 9.27. The van der Waals surface area contributed by atoms with E-state index in [1.54, 1.807) is 31.2 Å². The van der Waals surface area contributed by atoms with Gasteiger partial charge in [0, 0.05) is 23.7 Å². The van der Waals surface area contributed by atoms with Crippen LogP contribution in [0.5, 0.6) is 0 Å². The van der Waals surface area contributed by atoms with E-state index >= 15 is 0 Å². The summed E-state index contributed by atoms with van der Waals surface area (Å²) in [6, 6.07) is 17.0. The number of hydrogen-bond acceptors (Lipinski definition) is 2. The van der Waals surface area contributed by atoms with E-state index < -0.39 is 5.54 Å². The molecule has 0 radical (unpaired) electrons. The molecular weight excluding hydrogens is 348 g/mol. The van der Waals surface area contributed by atoms with Gasteiger partial charge in [-0.05, 0) is 49.9 Å². The lowest BCUT2D eigenvalue weighted by Gasteiger charge is -2.25. The molecule has 1 aliphatic rings. The molecule has 0 aliphatic carbocycles. The molecule has 2 aromatic rings. The van der Waals surface area contributed by atoms with Crippen molar-refractivity contribution < 1.29 is 9.59 Å². The summed E-state index contributed by atoms with van der Waals surface area (Å²) in [5.41, 5.74) is 0.886. The Bertz CT molecular complexity index is 794. The zero-order valence-electron chi connectivity index (χ0n) is 14.9. The van der Waals surface area contributed by atoms with Gasteiger partial charge in [0.05, 0.1) is 0 Å². The third-order valence-corrected chi connectivity index (χ3v) is 5.09. The number of carbonyl (C=O) groups is 2. The fourth-order valence-corrected chi connectivity index (χ4v) is 3.51. The van der Waals surface area contributed by atoms with Crippen molar-refractivity contribution in [3.63, 3.8) is 0 Å². The lowest BCUT2D eigenvalue weighted by Crippen LogP contribution is -2.52. The maximum Gasteiger partial charge on any atom is 0.252 e. The van der Waals surface area contributed by atoms with Crippen LogP contribution in [-0.2, 0) is 11.2 Å². The summed E-state index contributed by atoms with van der Waals surface area (Å²) in [7, 11) is 0. The highest BCUT2D eigenvalue weighted by Crippen LogP contribution is 2.24. The second-order valence-corrected chi connectivity index (χ2v) is 7.36. The Hall–Kier alpha value is -2.33. The number of benzene rings is 2. The van der Waals surface area contributed by atoms with Crippen LogP contribution in [0.2, 0.25) is 5.02 Å². The smallest absolute Gasteiger partial charge is 0.252 e. The van der Waals surface area contributed by atoms with Gasteiger partial charge in [0.1, 0.15) is 5.54 Å². The zero-order valence-corrected chi connectivity index (χ0v) is 15.6. The molecule has 1 N–H and O–H groups in total. The zero-order chi connectivity index (χ0) is 18.6. The molecular formula is C21H23ClN2O2. The molecule has 5 heteroatoms. The third kappa shape index (κ3) is 4.25. The SMILES string of the molecule is CC1(NC(=O)c2cccc(Cl)c2)CCN(CCCc2ccccc2)C1=O. The molecule has 0 aromatic heterocycles. The highest BCUT2D eigenvalue weighted by molar-refractivity contribution is 6.31. The molecule has 3 rings (SSSR count). The van der Waals surface area contributed by atoms with Crippen molar-refractivity contribution >= 4 is 23.4 Å². The number of hydrogen-bond donors (Lipinski definition) is 1. The Kier molecular flexibility index (Phi) is 5.62. The van der Waals surface area contributed by atoms with Gasteiger partial charge >= 0.3 is 0 Å². The standard InChI is InChI=1S/C21H23ClN2O2/c1-21(23-19(25)17-10-5-11-18(22)15-17)12-14-24(20(21)26)13-6-9-16-7-3-2-4-8-16/h2-5,7-8,10-11,15H,6,9,12-14H2,1H3,(H,23,25). The van der Waals surface area contributed by atoms with E-state index in [0.29, 0.717) is 30.1 Å². The van der Waals surface area contributed by atoms with Crippen molar-refractivity contribution in [3.8, 4) is 0 Å². The maximum atomic E-state index is 12.8. The van der Waals surface area contributed by atoms with Crippen LogP contribution in [0.4, 0.5) is 0 Å². The summed E-state index contributed by atoms with van der Waals surface area (Å²) >= 11 is 5.94. The molecule has 0 bridgehead atoms. The molecule has 1 unspecified atom stereocenters. The van der Waals surface area contributed by atoms with Gasteiger partial charge in [-0.1, -0.05) is 48.0 Å². The number of likely N-dealkylation sites (tertiary alicyclic amines) is 1. The number of carbonyl (C=O) groups excluding carboxylic acids is 2. The van der Waals surface area contributed by atoms with Crippen LogP contribution < -0.4 is 5.32 Å². The number of nitrogens with zero attached hydrogens (tertiary/aromatic N) is 1.